The highest BCUT2D eigenvalue weighted by molar-refractivity contribution is 6.42. The van der Waals surface area contributed by atoms with Crippen molar-refractivity contribution in [2.24, 2.45) is 0 Å². The fourth-order valence-electron chi connectivity index (χ4n) is 2.72. The van der Waals surface area contributed by atoms with Crippen molar-refractivity contribution in [1.29, 1.82) is 0 Å². The standard InChI is InChI=1S/C21H12Cl2F2N4O/c22-17-10-7-15(11-18(17)23)26-21(30)19-27-20(12-1-3-13(24)4-2-12)29(28-19)16-8-5-14(25)6-9-16/h1-11H,(H,26,30). The average Bonchev–Trinajstić information content (AvgIpc) is 3.17. The van der Waals surface area contributed by atoms with Crippen LogP contribution in [0.25, 0.3) is 17.1 Å². The van der Waals surface area contributed by atoms with E-state index >= 15 is 0 Å². The maximum Gasteiger partial charge on any atom is 0.295 e. The van der Waals surface area contributed by atoms with Crippen LogP contribution in [0.5, 0.6) is 0 Å². The van der Waals surface area contributed by atoms with Crippen molar-refractivity contribution in [1.82, 2.24) is 14.8 Å². The molecule has 150 valence electrons. The van der Waals surface area contributed by atoms with Crippen LogP contribution in [0, 0.1) is 11.6 Å². The van der Waals surface area contributed by atoms with Gasteiger partial charge in [-0.1, -0.05) is 23.2 Å². The Balaban J connectivity index is 1.74. The molecule has 0 aliphatic carbocycles. The molecular weight excluding hydrogens is 433 g/mol. The molecule has 1 N–H and O–H groups in total. The molecule has 5 nitrogen and oxygen atoms in total. The molecule has 30 heavy (non-hydrogen) atoms. The molecule has 1 heterocycles. The van der Waals surface area contributed by atoms with Crippen LogP contribution >= 0.6 is 23.2 Å². The lowest BCUT2D eigenvalue weighted by Gasteiger charge is -2.05. The molecule has 0 spiro atoms. The van der Waals surface area contributed by atoms with Gasteiger partial charge in [0.1, 0.15) is 11.6 Å². The van der Waals surface area contributed by atoms with Crippen molar-refractivity contribution < 1.29 is 13.6 Å². The Morgan fingerprint density at radius 2 is 1.50 bits per heavy atom. The maximum atomic E-state index is 13.3. The van der Waals surface area contributed by atoms with Gasteiger partial charge in [0, 0.05) is 11.3 Å². The summed E-state index contributed by atoms with van der Waals surface area (Å²) in [5, 5.41) is 7.55. The van der Waals surface area contributed by atoms with Crippen LogP contribution in [0.4, 0.5) is 14.5 Å². The summed E-state index contributed by atoms with van der Waals surface area (Å²) in [5.41, 5.74) is 1.43. The Bertz CT molecular complexity index is 1160. The number of benzene rings is 3. The first-order valence-corrected chi connectivity index (χ1v) is 9.41. The molecule has 0 unspecified atom stereocenters. The first-order chi connectivity index (χ1) is 14.4. The highest BCUT2D eigenvalue weighted by Gasteiger charge is 2.19. The molecule has 9 heteroatoms. The summed E-state index contributed by atoms with van der Waals surface area (Å²) < 4.78 is 28.1. The van der Waals surface area contributed by atoms with Crippen LogP contribution in [-0.2, 0) is 0 Å². The molecule has 0 aliphatic rings. The molecule has 1 aromatic heterocycles. The Labute approximate surface area is 179 Å². The number of aromatic nitrogens is 3. The minimum absolute atomic E-state index is 0.135. The number of halogens is 4. The normalized spacial score (nSPS) is 10.8. The summed E-state index contributed by atoms with van der Waals surface area (Å²) >= 11 is 11.9. The lowest BCUT2D eigenvalue weighted by molar-refractivity contribution is 0.101. The topological polar surface area (TPSA) is 59.8 Å². The third kappa shape index (κ3) is 4.17. The van der Waals surface area contributed by atoms with E-state index in [0.29, 0.717) is 27.8 Å². The van der Waals surface area contributed by atoms with Gasteiger partial charge in [0.15, 0.2) is 5.82 Å². The summed E-state index contributed by atoms with van der Waals surface area (Å²) in [5.74, 6) is -1.26. The number of carbonyl (C=O) groups excluding carboxylic acids is 1. The van der Waals surface area contributed by atoms with E-state index < -0.39 is 17.5 Å². The summed E-state index contributed by atoms with van der Waals surface area (Å²) in [6, 6.07) is 15.7. The largest absolute Gasteiger partial charge is 0.319 e. The van der Waals surface area contributed by atoms with Gasteiger partial charge in [-0.15, -0.1) is 5.10 Å². The van der Waals surface area contributed by atoms with Crippen molar-refractivity contribution in [2.75, 3.05) is 5.32 Å². The van der Waals surface area contributed by atoms with E-state index in [-0.39, 0.29) is 10.8 Å². The summed E-state index contributed by atoms with van der Waals surface area (Å²) in [6.45, 7) is 0. The van der Waals surface area contributed by atoms with Gasteiger partial charge >= 0.3 is 0 Å². The highest BCUT2D eigenvalue weighted by Crippen LogP contribution is 2.26. The van der Waals surface area contributed by atoms with Gasteiger partial charge in [0.05, 0.1) is 15.7 Å². The Kier molecular flexibility index (Phi) is 5.48. The molecule has 4 aromatic rings. The lowest BCUT2D eigenvalue weighted by Crippen LogP contribution is -2.14. The number of rotatable bonds is 4. The highest BCUT2D eigenvalue weighted by atomic mass is 35.5. The van der Waals surface area contributed by atoms with E-state index in [1.807, 2.05) is 0 Å². The van der Waals surface area contributed by atoms with E-state index in [0.717, 1.165) is 0 Å². The zero-order chi connectivity index (χ0) is 21.3. The predicted molar refractivity (Wildman–Crippen MR) is 111 cm³/mol. The number of carbonyl (C=O) groups is 1. The van der Waals surface area contributed by atoms with Gasteiger partial charge in [-0.2, -0.15) is 0 Å². The fraction of sp³-hybridized carbons (Fsp3) is 0. The summed E-state index contributed by atoms with van der Waals surface area (Å²) in [7, 11) is 0. The molecule has 0 atom stereocenters. The SMILES string of the molecule is O=C(Nc1ccc(Cl)c(Cl)c1)c1nc(-c2ccc(F)cc2)n(-c2ccc(F)cc2)n1. The zero-order valence-corrected chi connectivity index (χ0v) is 16.6. The van der Waals surface area contributed by atoms with Crippen molar-refractivity contribution in [3.05, 3.63) is 94.2 Å². The summed E-state index contributed by atoms with van der Waals surface area (Å²) in [4.78, 5) is 17.0. The molecule has 1 amide bonds. The average molecular weight is 445 g/mol. The van der Waals surface area contributed by atoms with Crippen molar-refractivity contribution in [2.45, 2.75) is 0 Å². The third-order valence-corrected chi connectivity index (χ3v) is 4.90. The fourth-order valence-corrected chi connectivity index (χ4v) is 3.02. The van der Waals surface area contributed by atoms with E-state index in [2.05, 4.69) is 15.4 Å². The minimum Gasteiger partial charge on any atom is -0.319 e. The molecule has 0 fully saturated rings. The second kappa shape index (κ2) is 8.22. The lowest BCUT2D eigenvalue weighted by atomic mass is 10.2. The third-order valence-electron chi connectivity index (χ3n) is 4.16. The van der Waals surface area contributed by atoms with Crippen molar-refractivity contribution >= 4 is 34.8 Å². The molecule has 0 aliphatic heterocycles. The number of amides is 1. The zero-order valence-electron chi connectivity index (χ0n) is 15.1. The second-order valence-electron chi connectivity index (χ2n) is 6.24. The first kappa shape index (κ1) is 20.0. The van der Waals surface area contributed by atoms with Crippen LogP contribution in [-0.4, -0.2) is 20.7 Å². The van der Waals surface area contributed by atoms with Crippen LogP contribution in [0.15, 0.2) is 66.7 Å². The van der Waals surface area contributed by atoms with Gasteiger partial charge in [-0.05, 0) is 66.7 Å². The molecular formula is C21H12Cl2F2N4O. The Hall–Kier alpha value is -3.29. The molecule has 0 radical (unpaired) electrons. The smallest absolute Gasteiger partial charge is 0.295 e. The van der Waals surface area contributed by atoms with Crippen molar-refractivity contribution in [3.8, 4) is 17.1 Å². The monoisotopic (exact) mass is 444 g/mol. The van der Waals surface area contributed by atoms with E-state index in [1.165, 1.54) is 59.3 Å². The Morgan fingerprint density at radius 3 is 2.13 bits per heavy atom. The van der Waals surface area contributed by atoms with Crippen LogP contribution in [0.1, 0.15) is 10.6 Å². The minimum atomic E-state index is -0.586. The number of anilines is 1. The molecule has 4 rings (SSSR count). The Morgan fingerprint density at radius 1 is 0.867 bits per heavy atom. The second-order valence-corrected chi connectivity index (χ2v) is 7.05. The summed E-state index contributed by atoms with van der Waals surface area (Å²) in [6.07, 6.45) is 0. The van der Waals surface area contributed by atoms with Gasteiger partial charge < -0.3 is 5.32 Å². The first-order valence-electron chi connectivity index (χ1n) is 8.66. The van der Waals surface area contributed by atoms with Gasteiger partial charge in [0.25, 0.3) is 5.91 Å². The predicted octanol–water partition coefficient (Wildman–Crippen LogP) is 5.77. The maximum absolute atomic E-state index is 13.3. The van der Waals surface area contributed by atoms with Gasteiger partial charge in [-0.3, -0.25) is 4.79 Å². The molecule has 3 aromatic carbocycles. The quantitative estimate of drug-likeness (QED) is 0.434. The van der Waals surface area contributed by atoms with Crippen LogP contribution < -0.4 is 5.32 Å². The molecule has 0 bridgehead atoms. The van der Waals surface area contributed by atoms with Gasteiger partial charge in [0.2, 0.25) is 5.82 Å². The van der Waals surface area contributed by atoms with Crippen LogP contribution in [0.2, 0.25) is 10.0 Å². The molecule has 0 saturated carbocycles. The number of hydrogen-bond donors (Lipinski definition) is 1. The number of nitrogens with zero attached hydrogens (tertiary/aromatic N) is 3. The number of hydrogen-bond acceptors (Lipinski definition) is 3. The van der Waals surface area contributed by atoms with Crippen LogP contribution in [0.3, 0.4) is 0 Å². The number of nitrogens with one attached hydrogen (secondary N) is 1. The van der Waals surface area contributed by atoms with E-state index in [1.54, 1.807) is 12.1 Å². The van der Waals surface area contributed by atoms with Crippen molar-refractivity contribution in [3.63, 3.8) is 0 Å². The van der Waals surface area contributed by atoms with E-state index in [9.17, 15) is 13.6 Å². The molecule has 0 saturated heterocycles. The van der Waals surface area contributed by atoms with E-state index in [4.69, 9.17) is 23.2 Å². The van der Waals surface area contributed by atoms with Gasteiger partial charge in [-0.25, -0.2) is 18.4 Å².